The van der Waals surface area contributed by atoms with Crippen LogP contribution in [0.25, 0.3) is 0 Å². The molecule has 1 aromatic carbocycles. The van der Waals surface area contributed by atoms with Crippen molar-refractivity contribution in [2.24, 2.45) is 0 Å². The first-order valence-corrected chi connectivity index (χ1v) is 7.00. The fourth-order valence-electron chi connectivity index (χ4n) is 2.21. The molecular weight excluding hydrogens is 316 g/mol. The molecule has 0 fully saturated rings. The normalized spacial score (nSPS) is 13.1. The molecular formula is C16H12N2O6. The lowest BCUT2D eigenvalue weighted by Crippen LogP contribution is -2.34. The first-order chi connectivity index (χ1) is 11.6. The van der Waals surface area contributed by atoms with Crippen molar-refractivity contribution in [2.75, 3.05) is 6.61 Å². The van der Waals surface area contributed by atoms with Gasteiger partial charge in [0.1, 0.15) is 6.61 Å². The monoisotopic (exact) mass is 328 g/mol. The van der Waals surface area contributed by atoms with Crippen LogP contribution in [0, 0.1) is 0 Å². The Labute approximate surface area is 135 Å². The SMILES string of the molecule is O=C(COCc1cc[nH]c(=O)c1)ON1C(=O)c2ccccc2C1=O. The zero-order valence-corrected chi connectivity index (χ0v) is 12.4. The first kappa shape index (κ1) is 15.6. The Morgan fingerprint density at radius 1 is 1.04 bits per heavy atom. The minimum absolute atomic E-state index is 0.0150. The molecule has 2 heterocycles. The van der Waals surface area contributed by atoms with Gasteiger partial charge in [0.25, 0.3) is 11.8 Å². The van der Waals surface area contributed by atoms with E-state index in [0.717, 1.165) is 0 Å². The van der Waals surface area contributed by atoms with Crippen molar-refractivity contribution in [1.82, 2.24) is 10.0 Å². The summed E-state index contributed by atoms with van der Waals surface area (Å²) in [5.74, 6) is -2.29. The van der Waals surface area contributed by atoms with Crippen LogP contribution in [0.2, 0.25) is 0 Å². The number of carbonyl (C=O) groups is 3. The second-order valence-electron chi connectivity index (χ2n) is 4.97. The average Bonchev–Trinajstić information content (AvgIpc) is 2.80. The number of H-pyrrole nitrogens is 1. The van der Waals surface area contributed by atoms with E-state index in [1.165, 1.54) is 24.4 Å². The number of amides is 2. The maximum absolute atomic E-state index is 12.0. The predicted molar refractivity (Wildman–Crippen MR) is 79.8 cm³/mol. The smallest absolute Gasteiger partial charge is 0.358 e. The summed E-state index contributed by atoms with van der Waals surface area (Å²) in [4.78, 5) is 54.1. The topological polar surface area (TPSA) is 106 Å². The number of nitrogens with zero attached hydrogens (tertiary/aromatic N) is 1. The molecule has 8 nitrogen and oxygen atoms in total. The number of pyridine rings is 1. The van der Waals surface area contributed by atoms with Gasteiger partial charge in [-0.1, -0.05) is 17.2 Å². The summed E-state index contributed by atoms with van der Waals surface area (Å²) in [5, 5.41) is 0.420. The van der Waals surface area contributed by atoms with Crippen LogP contribution in [0.4, 0.5) is 0 Å². The van der Waals surface area contributed by atoms with Crippen molar-refractivity contribution in [3.05, 3.63) is 69.6 Å². The largest absolute Gasteiger partial charge is 0.365 e. The third kappa shape index (κ3) is 3.08. The molecule has 0 atom stereocenters. The molecule has 2 amide bonds. The summed E-state index contributed by atoms with van der Waals surface area (Å²) in [6.07, 6.45) is 1.46. The van der Waals surface area contributed by atoms with Crippen LogP contribution < -0.4 is 5.56 Å². The van der Waals surface area contributed by atoms with Crippen molar-refractivity contribution >= 4 is 17.8 Å². The van der Waals surface area contributed by atoms with E-state index < -0.39 is 24.4 Å². The number of hydrogen-bond acceptors (Lipinski definition) is 6. The quantitative estimate of drug-likeness (QED) is 0.808. The zero-order chi connectivity index (χ0) is 17.1. The number of aromatic nitrogens is 1. The number of hydrogen-bond donors (Lipinski definition) is 1. The standard InChI is InChI=1S/C16H12N2O6/c19-13-7-10(5-6-17-13)8-23-9-14(20)24-18-15(21)11-3-1-2-4-12(11)16(18)22/h1-7H,8-9H2,(H,17,19). The van der Waals surface area contributed by atoms with E-state index in [4.69, 9.17) is 9.57 Å². The van der Waals surface area contributed by atoms with Crippen molar-refractivity contribution in [3.8, 4) is 0 Å². The van der Waals surface area contributed by atoms with Crippen LogP contribution in [0.3, 0.4) is 0 Å². The third-order valence-corrected chi connectivity index (χ3v) is 3.28. The minimum atomic E-state index is -0.894. The van der Waals surface area contributed by atoms with E-state index in [1.54, 1.807) is 18.2 Å². The first-order valence-electron chi connectivity index (χ1n) is 7.00. The minimum Gasteiger partial charge on any atom is -0.365 e. The number of hydroxylamine groups is 2. The van der Waals surface area contributed by atoms with Crippen molar-refractivity contribution in [2.45, 2.75) is 6.61 Å². The Bertz CT molecular complexity index is 838. The van der Waals surface area contributed by atoms with Gasteiger partial charge >= 0.3 is 5.97 Å². The summed E-state index contributed by atoms with van der Waals surface area (Å²) in [6, 6.07) is 9.13. The molecule has 0 saturated heterocycles. The molecule has 1 aliphatic heterocycles. The lowest BCUT2D eigenvalue weighted by Gasteiger charge is -2.12. The molecule has 0 aliphatic carbocycles. The van der Waals surface area contributed by atoms with Crippen LogP contribution in [0.1, 0.15) is 26.3 Å². The number of aromatic amines is 1. The Hall–Kier alpha value is -3.26. The number of benzene rings is 1. The number of carbonyl (C=O) groups excluding carboxylic acids is 3. The molecule has 1 aromatic heterocycles. The van der Waals surface area contributed by atoms with Crippen molar-refractivity contribution in [3.63, 3.8) is 0 Å². The highest BCUT2D eigenvalue weighted by molar-refractivity contribution is 6.20. The maximum Gasteiger partial charge on any atom is 0.358 e. The number of rotatable bonds is 5. The fraction of sp³-hybridized carbons (Fsp3) is 0.125. The second-order valence-corrected chi connectivity index (χ2v) is 4.97. The molecule has 0 saturated carbocycles. The van der Waals surface area contributed by atoms with Gasteiger partial charge in [0.2, 0.25) is 5.56 Å². The van der Waals surface area contributed by atoms with Gasteiger partial charge in [-0.2, -0.15) is 0 Å². The molecule has 2 aromatic rings. The van der Waals surface area contributed by atoms with Crippen LogP contribution in [-0.2, 0) is 21.0 Å². The predicted octanol–water partition coefficient (Wildman–Crippen LogP) is 0.646. The Morgan fingerprint density at radius 2 is 1.71 bits per heavy atom. The van der Waals surface area contributed by atoms with Gasteiger partial charge in [0.15, 0.2) is 0 Å². The molecule has 8 heteroatoms. The van der Waals surface area contributed by atoms with Crippen molar-refractivity contribution < 1.29 is 24.0 Å². The van der Waals surface area contributed by atoms with Crippen LogP contribution in [-0.4, -0.2) is 34.4 Å². The Balaban J connectivity index is 1.55. The second kappa shape index (κ2) is 6.47. The van der Waals surface area contributed by atoms with Crippen LogP contribution in [0.5, 0.6) is 0 Å². The highest BCUT2D eigenvalue weighted by Gasteiger charge is 2.38. The van der Waals surface area contributed by atoms with Gasteiger partial charge < -0.3 is 14.6 Å². The summed E-state index contributed by atoms with van der Waals surface area (Å²) in [7, 11) is 0. The van der Waals surface area contributed by atoms with Crippen LogP contribution in [0.15, 0.2) is 47.4 Å². The summed E-state index contributed by atoms with van der Waals surface area (Å²) in [6.45, 7) is -0.457. The van der Waals surface area contributed by atoms with E-state index in [9.17, 15) is 19.2 Å². The molecule has 0 bridgehead atoms. The zero-order valence-electron chi connectivity index (χ0n) is 12.4. The highest BCUT2D eigenvalue weighted by atomic mass is 16.7. The highest BCUT2D eigenvalue weighted by Crippen LogP contribution is 2.22. The fourth-order valence-corrected chi connectivity index (χ4v) is 2.21. The summed E-state index contributed by atoms with van der Waals surface area (Å²) in [5.41, 5.74) is 0.649. The van der Waals surface area contributed by atoms with E-state index >= 15 is 0 Å². The van der Waals surface area contributed by atoms with E-state index in [0.29, 0.717) is 10.6 Å². The molecule has 1 N–H and O–H groups in total. The van der Waals surface area contributed by atoms with Gasteiger partial charge in [-0.15, -0.1) is 0 Å². The molecule has 0 radical (unpaired) electrons. The van der Waals surface area contributed by atoms with E-state index in [2.05, 4.69) is 4.98 Å². The lowest BCUT2D eigenvalue weighted by molar-refractivity contribution is -0.174. The summed E-state index contributed by atoms with van der Waals surface area (Å²) >= 11 is 0. The number of nitrogens with one attached hydrogen (secondary N) is 1. The van der Waals surface area contributed by atoms with E-state index in [1.807, 2.05) is 0 Å². The molecule has 0 spiro atoms. The number of fused-ring (bicyclic) bond motifs is 1. The maximum atomic E-state index is 12.0. The Morgan fingerprint density at radius 3 is 2.33 bits per heavy atom. The molecule has 0 unspecified atom stereocenters. The lowest BCUT2D eigenvalue weighted by atomic mass is 10.1. The van der Waals surface area contributed by atoms with Gasteiger partial charge in [-0.05, 0) is 23.8 Å². The van der Waals surface area contributed by atoms with Crippen molar-refractivity contribution in [1.29, 1.82) is 0 Å². The number of imide groups is 1. The number of ether oxygens (including phenoxy) is 1. The summed E-state index contributed by atoms with van der Waals surface area (Å²) < 4.78 is 5.12. The third-order valence-electron chi connectivity index (χ3n) is 3.28. The molecule has 1 aliphatic rings. The molecule has 3 rings (SSSR count). The van der Waals surface area contributed by atoms with Gasteiger partial charge in [-0.25, -0.2) is 4.79 Å². The van der Waals surface area contributed by atoms with E-state index in [-0.39, 0.29) is 23.3 Å². The average molecular weight is 328 g/mol. The van der Waals surface area contributed by atoms with Gasteiger partial charge in [0, 0.05) is 12.3 Å². The van der Waals surface area contributed by atoms with Gasteiger partial charge in [-0.3, -0.25) is 14.4 Å². The van der Waals surface area contributed by atoms with Crippen LogP contribution >= 0.6 is 0 Å². The Kier molecular flexibility index (Phi) is 4.21. The van der Waals surface area contributed by atoms with Gasteiger partial charge in [0.05, 0.1) is 17.7 Å². The molecule has 122 valence electrons. The molecule has 24 heavy (non-hydrogen) atoms.